The van der Waals surface area contributed by atoms with Crippen molar-refractivity contribution in [1.82, 2.24) is 10.3 Å². The zero-order valence-corrected chi connectivity index (χ0v) is 9.45. The number of rotatable bonds is 3. The number of nitrogens with two attached hydrogens (primary N) is 1. The molecule has 0 bridgehead atoms. The van der Waals surface area contributed by atoms with Gasteiger partial charge in [0.1, 0.15) is 5.69 Å². The minimum Gasteiger partial charge on any atom is -0.364 e. The van der Waals surface area contributed by atoms with E-state index in [2.05, 4.69) is 15.6 Å². The third-order valence-electron chi connectivity index (χ3n) is 2.84. The zero-order valence-electron chi connectivity index (χ0n) is 9.45. The second-order valence-corrected chi connectivity index (χ2v) is 4.16. The molecule has 1 aromatic heterocycles. The number of aromatic amines is 1. The van der Waals surface area contributed by atoms with Crippen LogP contribution in [0.4, 0.5) is 5.69 Å². The molecule has 1 saturated heterocycles. The summed E-state index contributed by atoms with van der Waals surface area (Å²) >= 11 is 0. The van der Waals surface area contributed by atoms with Gasteiger partial charge in [-0.3, -0.25) is 9.59 Å². The summed E-state index contributed by atoms with van der Waals surface area (Å²) < 4.78 is 0. The van der Waals surface area contributed by atoms with Crippen molar-refractivity contribution in [2.75, 3.05) is 11.9 Å². The maximum atomic E-state index is 11.8. The van der Waals surface area contributed by atoms with Crippen LogP contribution in [-0.4, -0.2) is 29.4 Å². The molecule has 0 spiro atoms. The zero-order chi connectivity index (χ0) is 12.3. The first-order valence-corrected chi connectivity index (χ1v) is 5.69. The average Bonchev–Trinajstić information content (AvgIpc) is 2.79. The van der Waals surface area contributed by atoms with Gasteiger partial charge in [-0.2, -0.15) is 0 Å². The number of piperidine rings is 1. The van der Waals surface area contributed by atoms with E-state index in [0.29, 0.717) is 5.69 Å². The van der Waals surface area contributed by atoms with E-state index in [1.165, 1.54) is 6.07 Å². The third-order valence-corrected chi connectivity index (χ3v) is 2.84. The quantitative estimate of drug-likeness (QED) is 0.603. The Morgan fingerprint density at radius 2 is 2.24 bits per heavy atom. The molecule has 1 aliphatic heterocycles. The van der Waals surface area contributed by atoms with Gasteiger partial charge in [0.2, 0.25) is 5.91 Å². The number of carbonyl (C=O) groups excluding carboxylic acids is 2. The van der Waals surface area contributed by atoms with E-state index < -0.39 is 5.91 Å². The molecule has 1 unspecified atom stereocenters. The molecule has 0 radical (unpaired) electrons. The fourth-order valence-electron chi connectivity index (χ4n) is 1.91. The molecule has 92 valence electrons. The highest BCUT2D eigenvalue weighted by atomic mass is 16.2. The van der Waals surface area contributed by atoms with Crippen molar-refractivity contribution in [3.05, 3.63) is 18.0 Å². The molecule has 2 heterocycles. The Hall–Kier alpha value is -1.82. The van der Waals surface area contributed by atoms with Crippen LogP contribution >= 0.6 is 0 Å². The summed E-state index contributed by atoms with van der Waals surface area (Å²) in [6.45, 7) is 0.873. The maximum Gasteiger partial charge on any atom is 0.265 e. The van der Waals surface area contributed by atoms with Crippen molar-refractivity contribution in [3.8, 4) is 0 Å². The van der Waals surface area contributed by atoms with Crippen LogP contribution in [-0.2, 0) is 4.79 Å². The van der Waals surface area contributed by atoms with Crippen LogP contribution in [0, 0.1) is 0 Å². The molecule has 2 rings (SSSR count). The molecular weight excluding hydrogens is 220 g/mol. The molecule has 0 aromatic carbocycles. The van der Waals surface area contributed by atoms with Gasteiger partial charge in [0, 0.05) is 6.20 Å². The van der Waals surface area contributed by atoms with Gasteiger partial charge in [-0.15, -0.1) is 0 Å². The highest BCUT2D eigenvalue weighted by Crippen LogP contribution is 2.12. The second-order valence-electron chi connectivity index (χ2n) is 4.16. The van der Waals surface area contributed by atoms with Crippen LogP contribution in [0.15, 0.2) is 12.3 Å². The van der Waals surface area contributed by atoms with Gasteiger partial charge < -0.3 is 21.4 Å². The summed E-state index contributed by atoms with van der Waals surface area (Å²) in [5.74, 6) is -0.610. The van der Waals surface area contributed by atoms with Crippen LogP contribution in [0.1, 0.15) is 29.8 Å². The predicted octanol–water partition coefficient (Wildman–Crippen LogP) is 0.194. The monoisotopic (exact) mass is 236 g/mol. The molecule has 17 heavy (non-hydrogen) atoms. The Balaban J connectivity index is 1.94. The summed E-state index contributed by atoms with van der Waals surface area (Å²) in [5.41, 5.74) is 5.96. The van der Waals surface area contributed by atoms with Gasteiger partial charge in [0.05, 0.1) is 11.7 Å². The lowest BCUT2D eigenvalue weighted by molar-refractivity contribution is -0.118. The fourth-order valence-corrected chi connectivity index (χ4v) is 1.91. The Kier molecular flexibility index (Phi) is 3.43. The van der Waals surface area contributed by atoms with E-state index >= 15 is 0 Å². The minimum atomic E-state index is -0.540. The molecule has 6 nitrogen and oxygen atoms in total. The van der Waals surface area contributed by atoms with Crippen molar-refractivity contribution in [1.29, 1.82) is 0 Å². The number of nitrogens with one attached hydrogen (secondary N) is 3. The smallest absolute Gasteiger partial charge is 0.265 e. The lowest BCUT2D eigenvalue weighted by Gasteiger charge is -2.22. The molecular formula is C11H16N4O2. The first-order valence-electron chi connectivity index (χ1n) is 5.69. The molecule has 6 heteroatoms. The van der Waals surface area contributed by atoms with Gasteiger partial charge in [-0.1, -0.05) is 6.42 Å². The predicted molar refractivity (Wildman–Crippen MR) is 63.6 cm³/mol. The highest BCUT2D eigenvalue weighted by Gasteiger charge is 2.20. The SMILES string of the molecule is NC(=O)c1cc(NC(=O)C2CCCCN2)c[nH]1. The molecule has 0 aliphatic carbocycles. The number of hydrogen-bond donors (Lipinski definition) is 4. The number of anilines is 1. The second kappa shape index (κ2) is 5.01. The third kappa shape index (κ3) is 2.85. The first-order chi connectivity index (χ1) is 8.16. The molecule has 2 amide bonds. The van der Waals surface area contributed by atoms with E-state index in [1.54, 1.807) is 6.20 Å². The lowest BCUT2D eigenvalue weighted by atomic mass is 10.0. The van der Waals surface area contributed by atoms with E-state index in [1.807, 2.05) is 0 Å². The van der Waals surface area contributed by atoms with Crippen LogP contribution in [0.25, 0.3) is 0 Å². The van der Waals surface area contributed by atoms with Crippen molar-refractivity contribution in [2.45, 2.75) is 25.3 Å². The minimum absolute atomic E-state index is 0.0697. The van der Waals surface area contributed by atoms with E-state index in [9.17, 15) is 9.59 Å². The number of hydrogen-bond acceptors (Lipinski definition) is 3. The van der Waals surface area contributed by atoms with Gasteiger partial charge in [-0.25, -0.2) is 0 Å². The summed E-state index contributed by atoms with van der Waals surface area (Å²) in [4.78, 5) is 25.4. The Morgan fingerprint density at radius 1 is 1.41 bits per heavy atom. The number of aromatic nitrogens is 1. The van der Waals surface area contributed by atoms with E-state index in [0.717, 1.165) is 25.8 Å². The molecule has 1 fully saturated rings. The Bertz CT molecular complexity index is 421. The van der Waals surface area contributed by atoms with Crippen LogP contribution < -0.4 is 16.4 Å². The summed E-state index contributed by atoms with van der Waals surface area (Å²) in [6.07, 6.45) is 4.57. The maximum absolute atomic E-state index is 11.8. The van der Waals surface area contributed by atoms with Crippen LogP contribution in [0.3, 0.4) is 0 Å². The van der Waals surface area contributed by atoms with Crippen molar-refractivity contribution >= 4 is 17.5 Å². The standard InChI is InChI=1S/C11H16N4O2/c12-10(16)9-5-7(6-14-9)15-11(17)8-3-1-2-4-13-8/h5-6,8,13-14H,1-4H2,(H2,12,16)(H,15,17). The molecule has 1 aliphatic rings. The van der Waals surface area contributed by atoms with E-state index in [-0.39, 0.29) is 17.6 Å². The van der Waals surface area contributed by atoms with E-state index in [4.69, 9.17) is 5.73 Å². The molecule has 0 saturated carbocycles. The topological polar surface area (TPSA) is 100 Å². The summed E-state index contributed by atoms with van der Waals surface area (Å²) in [7, 11) is 0. The normalized spacial score (nSPS) is 19.9. The molecule has 5 N–H and O–H groups in total. The van der Waals surface area contributed by atoms with Gasteiger partial charge >= 0.3 is 0 Å². The van der Waals surface area contributed by atoms with Crippen LogP contribution in [0.2, 0.25) is 0 Å². The van der Waals surface area contributed by atoms with Crippen molar-refractivity contribution in [2.24, 2.45) is 5.73 Å². The molecule has 1 aromatic rings. The number of amides is 2. The fraction of sp³-hybridized carbons (Fsp3) is 0.455. The first kappa shape index (κ1) is 11.7. The number of primary amides is 1. The number of carbonyl (C=O) groups is 2. The van der Waals surface area contributed by atoms with Crippen molar-refractivity contribution < 1.29 is 9.59 Å². The van der Waals surface area contributed by atoms with Gasteiger partial charge in [-0.05, 0) is 25.5 Å². The Morgan fingerprint density at radius 3 is 2.82 bits per heavy atom. The molecule has 1 atom stereocenters. The van der Waals surface area contributed by atoms with Gasteiger partial charge in [0.25, 0.3) is 5.91 Å². The van der Waals surface area contributed by atoms with Crippen LogP contribution in [0.5, 0.6) is 0 Å². The lowest BCUT2D eigenvalue weighted by Crippen LogP contribution is -2.43. The summed E-state index contributed by atoms with van der Waals surface area (Å²) in [5, 5.41) is 5.90. The average molecular weight is 236 g/mol. The summed E-state index contributed by atoms with van der Waals surface area (Å²) in [6, 6.07) is 1.39. The Labute approximate surface area is 99.0 Å². The van der Waals surface area contributed by atoms with Gasteiger partial charge in [0.15, 0.2) is 0 Å². The largest absolute Gasteiger partial charge is 0.364 e. The number of H-pyrrole nitrogens is 1. The highest BCUT2D eigenvalue weighted by molar-refractivity contribution is 5.97. The van der Waals surface area contributed by atoms with Crippen molar-refractivity contribution in [3.63, 3.8) is 0 Å².